The number of carboxylic acids is 1. The predicted molar refractivity (Wildman–Crippen MR) is 62.3 cm³/mol. The molecular formula is C12H11F2N3O2. The number of aliphatic carboxylic acids is 1. The number of rotatable bonds is 4. The Labute approximate surface area is 107 Å². The molecule has 0 saturated heterocycles. The molecule has 0 unspecified atom stereocenters. The molecule has 1 heterocycles. The fourth-order valence-electron chi connectivity index (χ4n) is 1.64. The van der Waals surface area contributed by atoms with E-state index in [4.69, 9.17) is 5.11 Å². The first-order valence-corrected chi connectivity index (χ1v) is 5.54. The van der Waals surface area contributed by atoms with Gasteiger partial charge in [-0.2, -0.15) is 5.10 Å². The average molecular weight is 267 g/mol. The van der Waals surface area contributed by atoms with Gasteiger partial charge >= 0.3 is 5.97 Å². The van der Waals surface area contributed by atoms with Crippen LogP contribution in [0.5, 0.6) is 0 Å². The summed E-state index contributed by atoms with van der Waals surface area (Å²) in [6, 6.07) is 3.01. The summed E-state index contributed by atoms with van der Waals surface area (Å²) >= 11 is 0. The van der Waals surface area contributed by atoms with E-state index >= 15 is 0 Å². The van der Waals surface area contributed by atoms with Crippen molar-refractivity contribution in [3.05, 3.63) is 35.7 Å². The molecular weight excluding hydrogens is 256 g/mol. The quantitative estimate of drug-likeness (QED) is 0.916. The number of carboxylic acid groups (broad SMARTS) is 1. The van der Waals surface area contributed by atoms with Crippen molar-refractivity contribution in [3.8, 4) is 11.4 Å². The molecule has 1 aromatic heterocycles. The molecule has 5 nitrogen and oxygen atoms in total. The number of aromatic nitrogens is 3. The number of hydrogen-bond donors (Lipinski definition) is 1. The van der Waals surface area contributed by atoms with E-state index in [1.807, 2.05) is 0 Å². The monoisotopic (exact) mass is 267 g/mol. The second-order valence-corrected chi connectivity index (χ2v) is 3.99. The summed E-state index contributed by atoms with van der Waals surface area (Å²) in [4.78, 5) is 14.5. The largest absolute Gasteiger partial charge is 0.481 e. The maximum absolute atomic E-state index is 13.6. The van der Waals surface area contributed by atoms with Crippen LogP contribution in [0, 0.1) is 11.6 Å². The van der Waals surface area contributed by atoms with Gasteiger partial charge in [-0.1, -0.05) is 0 Å². The topological polar surface area (TPSA) is 68.0 Å². The van der Waals surface area contributed by atoms with E-state index in [0.29, 0.717) is 5.82 Å². The molecule has 0 saturated carbocycles. The maximum atomic E-state index is 13.6. The smallest absolute Gasteiger partial charge is 0.303 e. The van der Waals surface area contributed by atoms with Crippen LogP contribution in [0.15, 0.2) is 18.2 Å². The number of hydrogen-bond acceptors (Lipinski definition) is 3. The average Bonchev–Trinajstić information content (AvgIpc) is 2.71. The van der Waals surface area contributed by atoms with Crippen molar-refractivity contribution in [2.75, 3.05) is 0 Å². The Morgan fingerprint density at radius 1 is 1.42 bits per heavy atom. The number of carbonyl (C=O) groups is 1. The van der Waals surface area contributed by atoms with Crippen LogP contribution >= 0.6 is 0 Å². The molecule has 19 heavy (non-hydrogen) atoms. The standard InChI is InChI=1S/C12H11F2N3O2/c1-17-10(4-5-11(18)19)15-12(16-17)8-6-7(13)2-3-9(8)14/h2-3,6H,4-5H2,1H3,(H,18,19). The van der Waals surface area contributed by atoms with Crippen LogP contribution in [0.3, 0.4) is 0 Å². The second-order valence-electron chi connectivity index (χ2n) is 3.99. The minimum absolute atomic E-state index is 0.0416. The van der Waals surface area contributed by atoms with Crippen LogP contribution in [-0.2, 0) is 18.3 Å². The Kier molecular flexibility index (Phi) is 3.55. The Balaban J connectivity index is 2.33. The van der Waals surface area contributed by atoms with Crippen molar-refractivity contribution in [1.82, 2.24) is 14.8 Å². The fraction of sp³-hybridized carbons (Fsp3) is 0.250. The third kappa shape index (κ3) is 2.93. The summed E-state index contributed by atoms with van der Waals surface area (Å²) in [5.41, 5.74) is -0.0443. The molecule has 0 atom stereocenters. The molecule has 7 heteroatoms. The van der Waals surface area contributed by atoms with Crippen molar-refractivity contribution >= 4 is 5.97 Å². The van der Waals surface area contributed by atoms with Gasteiger partial charge in [0.05, 0.1) is 12.0 Å². The van der Waals surface area contributed by atoms with Gasteiger partial charge in [0.15, 0.2) is 5.82 Å². The molecule has 2 rings (SSSR count). The summed E-state index contributed by atoms with van der Waals surface area (Å²) in [6.07, 6.45) is 0.0768. The zero-order chi connectivity index (χ0) is 14.0. The van der Waals surface area contributed by atoms with Crippen LogP contribution < -0.4 is 0 Å². The lowest BCUT2D eigenvalue weighted by molar-refractivity contribution is -0.137. The van der Waals surface area contributed by atoms with Gasteiger partial charge in [-0.15, -0.1) is 0 Å². The van der Waals surface area contributed by atoms with Crippen LogP contribution in [0.25, 0.3) is 11.4 Å². The van der Waals surface area contributed by atoms with Gasteiger partial charge in [0, 0.05) is 13.5 Å². The van der Waals surface area contributed by atoms with E-state index in [-0.39, 0.29) is 24.2 Å². The molecule has 1 aromatic carbocycles. The van der Waals surface area contributed by atoms with Gasteiger partial charge < -0.3 is 5.11 Å². The lowest BCUT2D eigenvalue weighted by Gasteiger charge is -1.97. The summed E-state index contributed by atoms with van der Waals surface area (Å²) in [5, 5.41) is 12.6. The van der Waals surface area contributed by atoms with E-state index in [1.54, 1.807) is 7.05 Å². The van der Waals surface area contributed by atoms with E-state index in [2.05, 4.69) is 10.1 Å². The molecule has 100 valence electrons. The molecule has 0 spiro atoms. The fourth-order valence-corrected chi connectivity index (χ4v) is 1.64. The highest BCUT2D eigenvalue weighted by atomic mass is 19.1. The first kappa shape index (κ1) is 13.1. The first-order chi connectivity index (χ1) is 8.97. The van der Waals surface area contributed by atoms with Crippen molar-refractivity contribution in [2.45, 2.75) is 12.8 Å². The van der Waals surface area contributed by atoms with Gasteiger partial charge in [0.25, 0.3) is 0 Å². The Hall–Kier alpha value is -2.31. The van der Waals surface area contributed by atoms with Gasteiger partial charge in [0.2, 0.25) is 0 Å². The summed E-state index contributed by atoms with van der Waals surface area (Å²) in [7, 11) is 1.57. The van der Waals surface area contributed by atoms with E-state index in [1.165, 1.54) is 4.68 Å². The predicted octanol–water partition coefficient (Wildman–Crippen LogP) is 1.78. The molecule has 0 fully saturated rings. The van der Waals surface area contributed by atoms with Gasteiger partial charge in [-0.25, -0.2) is 13.8 Å². The highest BCUT2D eigenvalue weighted by molar-refractivity contribution is 5.67. The molecule has 0 aliphatic heterocycles. The van der Waals surface area contributed by atoms with Crippen molar-refractivity contribution in [2.24, 2.45) is 7.05 Å². The highest BCUT2D eigenvalue weighted by Gasteiger charge is 2.14. The first-order valence-electron chi connectivity index (χ1n) is 5.54. The minimum Gasteiger partial charge on any atom is -0.481 e. The van der Waals surface area contributed by atoms with E-state index in [9.17, 15) is 13.6 Å². The zero-order valence-electron chi connectivity index (χ0n) is 10.1. The van der Waals surface area contributed by atoms with Gasteiger partial charge in [0.1, 0.15) is 17.5 Å². The molecule has 1 N–H and O–H groups in total. The summed E-state index contributed by atoms with van der Waals surface area (Å²) in [6.45, 7) is 0. The number of halogens is 2. The normalized spacial score (nSPS) is 10.7. The maximum Gasteiger partial charge on any atom is 0.303 e. The second kappa shape index (κ2) is 5.13. The summed E-state index contributed by atoms with van der Waals surface area (Å²) in [5.74, 6) is -1.73. The van der Waals surface area contributed by atoms with Crippen LogP contribution in [0.4, 0.5) is 8.78 Å². The molecule has 2 aromatic rings. The molecule has 0 aliphatic carbocycles. The number of aryl methyl sites for hydroxylation is 2. The van der Waals surface area contributed by atoms with Gasteiger partial charge in [-0.05, 0) is 18.2 Å². The molecule has 0 bridgehead atoms. The molecule has 0 radical (unpaired) electrons. The Bertz CT molecular complexity index is 625. The number of nitrogens with zero attached hydrogens (tertiary/aromatic N) is 3. The van der Waals surface area contributed by atoms with Crippen molar-refractivity contribution in [3.63, 3.8) is 0 Å². The molecule has 0 aliphatic rings. The van der Waals surface area contributed by atoms with Crippen molar-refractivity contribution < 1.29 is 18.7 Å². The molecule has 0 amide bonds. The zero-order valence-corrected chi connectivity index (χ0v) is 10.1. The summed E-state index contributed by atoms with van der Waals surface area (Å²) < 4.78 is 28.0. The lowest BCUT2D eigenvalue weighted by Crippen LogP contribution is -2.03. The third-order valence-electron chi connectivity index (χ3n) is 2.59. The van der Waals surface area contributed by atoms with Crippen LogP contribution in [0.2, 0.25) is 0 Å². The number of benzene rings is 1. The Morgan fingerprint density at radius 2 is 2.16 bits per heavy atom. The van der Waals surface area contributed by atoms with E-state index < -0.39 is 17.6 Å². The Morgan fingerprint density at radius 3 is 2.84 bits per heavy atom. The SMILES string of the molecule is Cn1nc(-c2cc(F)ccc2F)nc1CCC(=O)O. The van der Waals surface area contributed by atoms with Crippen molar-refractivity contribution in [1.29, 1.82) is 0 Å². The van der Waals surface area contributed by atoms with Gasteiger partial charge in [-0.3, -0.25) is 9.48 Å². The lowest BCUT2D eigenvalue weighted by atomic mass is 10.2. The third-order valence-corrected chi connectivity index (χ3v) is 2.59. The van der Waals surface area contributed by atoms with E-state index in [0.717, 1.165) is 18.2 Å². The van der Waals surface area contributed by atoms with Crippen LogP contribution in [0.1, 0.15) is 12.2 Å². The highest BCUT2D eigenvalue weighted by Crippen LogP contribution is 2.21. The minimum atomic E-state index is -0.957. The van der Waals surface area contributed by atoms with Crippen LogP contribution in [-0.4, -0.2) is 25.8 Å².